The topological polar surface area (TPSA) is 73.0 Å². The summed E-state index contributed by atoms with van der Waals surface area (Å²) in [5.74, 6) is -0.806. The monoisotopic (exact) mass is 466 g/mol. The van der Waals surface area contributed by atoms with E-state index < -0.39 is 5.54 Å². The predicted octanol–water partition coefficient (Wildman–Crippen LogP) is 3.02. The Morgan fingerprint density at radius 2 is 1.71 bits per heavy atom. The van der Waals surface area contributed by atoms with Crippen LogP contribution in [0.5, 0.6) is 0 Å². The largest absolute Gasteiger partial charge is 0.352 e. The predicted molar refractivity (Wildman–Crippen MR) is 128 cm³/mol. The van der Waals surface area contributed by atoms with Gasteiger partial charge in [0.2, 0.25) is 5.91 Å². The van der Waals surface area contributed by atoms with Gasteiger partial charge in [-0.3, -0.25) is 14.4 Å². The molecule has 1 N–H and O–H groups in total. The van der Waals surface area contributed by atoms with Crippen LogP contribution in [-0.2, 0) is 9.59 Å². The van der Waals surface area contributed by atoms with Gasteiger partial charge in [-0.1, -0.05) is 25.1 Å². The first kappa shape index (κ1) is 23.7. The Hall–Kier alpha value is -3.42. The van der Waals surface area contributed by atoms with E-state index in [4.69, 9.17) is 0 Å². The zero-order valence-electron chi connectivity index (χ0n) is 19.7. The molecule has 0 radical (unpaired) electrons. The second kappa shape index (κ2) is 9.83. The van der Waals surface area contributed by atoms with Crippen LogP contribution < -0.4 is 10.2 Å². The van der Waals surface area contributed by atoms with E-state index in [-0.39, 0.29) is 36.1 Å². The Kier molecular flexibility index (Phi) is 6.86. The highest BCUT2D eigenvalue weighted by atomic mass is 19.1. The molecular weight excluding hydrogens is 435 g/mol. The molecule has 2 fully saturated rings. The van der Waals surface area contributed by atoms with Crippen molar-refractivity contribution < 1.29 is 18.8 Å². The molecule has 3 amide bonds. The molecule has 2 saturated heterocycles. The number of hydrogen-bond donors (Lipinski definition) is 1. The zero-order valence-corrected chi connectivity index (χ0v) is 19.7. The first-order chi connectivity index (χ1) is 16.3. The van der Waals surface area contributed by atoms with E-state index in [0.717, 1.165) is 12.1 Å². The van der Waals surface area contributed by atoms with Crippen LogP contribution in [-0.4, -0.2) is 65.4 Å². The van der Waals surface area contributed by atoms with E-state index in [9.17, 15) is 18.8 Å². The van der Waals surface area contributed by atoms with Crippen molar-refractivity contribution in [3.05, 3.63) is 66.0 Å². The molecule has 2 aliphatic heterocycles. The van der Waals surface area contributed by atoms with E-state index in [2.05, 4.69) is 10.2 Å². The van der Waals surface area contributed by atoms with Crippen LogP contribution in [0.15, 0.2) is 54.6 Å². The maximum atomic E-state index is 13.7. The van der Waals surface area contributed by atoms with Crippen molar-refractivity contribution in [2.75, 3.05) is 31.2 Å². The second-order valence-corrected chi connectivity index (χ2v) is 9.12. The van der Waals surface area contributed by atoms with Crippen LogP contribution in [0.3, 0.4) is 0 Å². The van der Waals surface area contributed by atoms with E-state index in [1.165, 1.54) is 24.3 Å². The maximum absolute atomic E-state index is 13.7. The number of nitrogens with one attached hydrogen (secondary N) is 1. The fourth-order valence-electron chi connectivity index (χ4n) is 4.77. The van der Waals surface area contributed by atoms with E-state index in [1.807, 2.05) is 44.2 Å². The smallest absolute Gasteiger partial charge is 0.253 e. The van der Waals surface area contributed by atoms with Gasteiger partial charge in [0.25, 0.3) is 11.8 Å². The number of piperidine rings is 1. The van der Waals surface area contributed by atoms with Crippen molar-refractivity contribution in [3.8, 4) is 0 Å². The molecule has 0 aliphatic carbocycles. The van der Waals surface area contributed by atoms with E-state index in [1.54, 1.807) is 9.80 Å². The minimum Gasteiger partial charge on any atom is -0.352 e. The van der Waals surface area contributed by atoms with Crippen LogP contribution in [0, 0.1) is 5.82 Å². The lowest BCUT2D eigenvalue weighted by atomic mass is 9.85. The first-order valence-corrected chi connectivity index (χ1v) is 11.8. The second-order valence-electron chi connectivity index (χ2n) is 9.12. The van der Waals surface area contributed by atoms with E-state index in [0.29, 0.717) is 38.2 Å². The van der Waals surface area contributed by atoms with Crippen molar-refractivity contribution in [1.29, 1.82) is 0 Å². The third-order valence-electron chi connectivity index (χ3n) is 6.91. The molecule has 180 valence electrons. The van der Waals surface area contributed by atoms with Crippen LogP contribution in [0.2, 0.25) is 0 Å². The lowest BCUT2D eigenvalue weighted by Gasteiger charge is -2.43. The Morgan fingerprint density at radius 3 is 2.32 bits per heavy atom. The van der Waals surface area contributed by atoms with Gasteiger partial charge < -0.3 is 20.0 Å². The number of nitrogens with zero attached hydrogens (tertiary/aromatic N) is 3. The zero-order chi connectivity index (χ0) is 24.3. The Balaban J connectivity index is 1.53. The van der Waals surface area contributed by atoms with Gasteiger partial charge in [0.1, 0.15) is 17.9 Å². The summed E-state index contributed by atoms with van der Waals surface area (Å²) in [7, 11) is 0. The quantitative estimate of drug-likeness (QED) is 0.711. The summed E-state index contributed by atoms with van der Waals surface area (Å²) < 4.78 is 13.3. The maximum Gasteiger partial charge on any atom is 0.253 e. The molecule has 2 aromatic rings. The highest BCUT2D eigenvalue weighted by Crippen LogP contribution is 2.39. The van der Waals surface area contributed by atoms with Gasteiger partial charge in [0, 0.05) is 30.4 Å². The number of para-hydroxylation sites is 1. The molecule has 4 rings (SSSR count). The van der Waals surface area contributed by atoms with Gasteiger partial charge in [-0.2, -0.15) is 0 Å². The van der Waals surface area contributed by atoms with Gasteiger partial charge in [-0.25, -0.2) is 4.39 Å². The van der Waals surface area contributed by atoms with Crippen LogP contribution in [0.25, 0.3) is 0 Å². The number of carbonyl (C=O) groups is 3. The Bertz CT molecular complexity index is 1040. The molecule has 34 heavy (non-hydrogen) atoms. The third kappa shape index (κ3) is 4.62. The number of amides is 3. The molecule has 2 aromatic carbocycles. The molecule has 1 unspecified atom stereocenters. The van der Waals surface area contributed by atoms with E-state index >= 15 is 0 Å². The van der Waals surface area contributed by atoms with Crippen LogP contribution in [0.4, 0.5) is 10.1 Å². The van der Waals surface area contributed by atoms with Crippen LogP contribution >= 0.6 is 0 Å². The molecule has 1 atom stereocenters. The Labute approximate surface area is 199 Å². The molecule has 8 heteroatoms. The van der Waals surface area contributed by atoms with Gasteiger partial charge in [0.05, 0.1) is 6.67 Å². The number of anilines is 1. The van der Waals surface area contributed by atoms with Gasteiger partial charge in [0.15, 0.2) is 0 Å². The van der Waals surface area contributed by atoms with Crippen LogP contribution in [0.1, 0.15) is 43.5 Å². The summed E-state index contributed by atoms with van der Waals surface area (Å²) in [5, 5.41) is 2.94. The van der Waals surface area contributed by atoms with Crippen molar-refractivity contribution >= 4 is 23.4 Å². The normalized spacial score (nSPS) is 18.3. The SMILES string of the molecule is CCC(C)NC(=O)CN1CN(c2ccccc2)C2(CCN(C(=O)c3ccc(F)cc3)CC2)C1=O. The molecule has 2 heterocycles. The number of benzene rings is 2. The lowest BCUT2D eigenvalue weighted by molar-refractivity contribution is -0.137. The molecule has 0 saturated carbocycles. The van der Waals surface area contributed by atoms with Crippen molar-refractivity contribution in [1.82, 2.24) is 15.1 Å². The number of halogens is 1. The van der Waals surface area contributed by atoms with Crippen molar-refractivity contribution in [2.45, 2.75) is 44.7 Å². The van der Waals surface area contributed by atoms with Gasteiger partial charge in [-0.05, 0) is 62.6 Å². The highest BCUT2D eigenvalue weighted by Gasteiger charge is 2.54. The first-order valence-electron chi connectivity index (χ1n) is 11.8. The average molecular weight is 467 g/mol. The molecule has 0 bridgehead atoms. The summed E-state index contributed by atoms with van der Waals surface area (Å²) in [5.41, 5.74) is 0.537. The number of likely N-dealkylation sites (tertiary alicyclic amines) is 1. The number of rotatable bonds is 6. The third-order valence-corrected chi connectivity index (χ3v) is 6.91. The highest BCUT2D eigenvalue weighted by molar-refractivity contribution is 5.97. The fraction of sp³-hybridized carbons (Fsp3) is 0.423. The summed E-state index contributed by atoms with van der Waals surface area (Å²) in [6, 6.07) is 15.3. The fourth-order valence-corrected chi connectivity index (χ4v) is 4.77. The summed E-state index contributed by atoms with van der Waals surface area (Å²) in [4.78, 5) is 44.6. The molecule has 7 nitrogen and oxygen atoms in total. The molecule has 1 spiro atoms. The standard InChI is InChI=1S/C26H31FN4O3/c1-3-19(2)28-23(32)17-30-18-31(22-7-5-4-6-8-22)26(25(30)34)13-15-29(16-14-26)24(33)20-9-11-21(27)12-10-20/h4-12,19H,3,13-18H2,1-2H3,(H,28,32). The number of hydrogen-bond acceptors (Lipinski definition) is 4. The average Bonchev–Trinajstić information content (AvgIpc) is 3.11. The summed E-state index contributed by atoms with van der Waals surface area (Å²) in [6.45, 7) is 5.07. The molecular formula is C26H31FN4O3. The molecule has 2 aliphatic rings. The number of carbonyl (C=O) groups excluding carboxylic acids is 3. The van der Waals surface area contributed by atoms with Crippen molar-refractivity contribution in [3.63, 3.8) is 0 Å². The summed E-state index contributed by atoms with van der Waals surface area (Å²) in [6.07, 6.45) is 1.73. The Morgan fingerprint density at radius 1 is 1.06 bits per heavy atom. The minimum absolute atomic E-state index is 0.00643. The lowest BCUT2D eigenvalue weighted by Crippen LogP contribution is -2.57. The molecule has 0 aromatic heterocycles. The van der Waals surface area contributed by atoms with Gasteiger partial charge >= 0.3 is 0 Å². The minimum atomic E-state index is -0.808. The summed E-state index contributed by atoms with van der Waals surface area (Å²) >= 11 is 0. The van der Waals surface area contributed by atoms with Gasteiger partial charge in [-0.15, -0.1) is 0 Å². The van der Waals surface area contributed by atoms with Crippen molar-refractivity contribution in [2.24, 2.45) is 0 Å².